The Bertz CT molecular complexity index is 143. The van der Waals surface area contributed by atoms with E-state index in [1.54, 1.807) is 7.11 Å². The van der Waals surface area contributed by atoms with E-state index in [0.717, 1.165) is 12.3 Å². The number of methoxy groups -OCH3 is 1. The molecule has 0 radical (unpaired) electrons. The number of ether oxygens (including phenoxy) is 1. The number of hydrogen-bond acceptors (Lipinski definition) is 3. The second-order valence-corrected chi connectivity index (χ2v) is 4.21. The fraction of sp³-hybridized carbons (Fsp3) is 1.00. The Kier molecular flexibility index (Phi) is 3.09. The van der Waals surface area contributed by atoms with Crippen LogP contribution in [0.1, 0.15) is 33.1 Å². The van der Waals surface area contributed by atoms with E-state index in [2.05, 4.69) is 19.3 Å². The molecule has 0 spiro atoms. The number of nitrogens with two attached hydrogens (primary N) is 1. The maximum atomic E-state index is 5.48. The van der Waals surface area contributed by atoms with Crippen molar-refractivity contribution < 1.29 is 4.74 Å². The molecule has 0 aliphatic heterocycles. The van der Waals surface area contributed by atoms with E-state index >= 15 is 0 Å². The lowest BCUT2D eigenvalue weighted by molar-refractivity contribution is -0.0140. The van der Waals surface area contributed by atoms with Crippen molar-refractivity contribution in [2.24, 2.45) is 11.8 Å². The van der Waals surface area contributed by atoms with Crippen LogP contribution in [0.15, 0.2) is 0 Å². The van der Waals surface area contributed by atoms with Gasteiger partial charge in [0.15, 0.2) is 0 Å². The van der Waals surface area contributed by atoms with Crippen molar-refractivity contribution in [3.63, 3.8) is 0 Å². The fourth-order valence-electron chi connectivity index (χ4n) is 1.38. The van der Waals surface area contributed by atoms with Gasteiger partial charge in [-0.3, -0.25) is 11.3 Å². The van der Waals surface area contributed by atoms with Gasteiger partial charge in [-0.2, -0.15) is 0 Å². The van der Waals surface area contributed by atoms with Crippen LogP contribution in [0.4, 0.5) is 0 Å². The lowest BCUT2D eigenvalue weighted by atomic mass is 9.94. The summed E-state index contributed by atoms with van der Waals surface area (Å²) in [4.78, 5) is 0. The Hall–Kier alpha value is -0.120. The molecule has 3 nitrogen and oxygen atoms in total. The Morgan fingerprint density at radius 1 is 1.58 bits per heavy atom. The molecule has 1 rings (SSSR count). The van der Waals surface area contributed by atoms with Crippen LogP contribution in [0.2, 0.25) is 0 Å². The Balaban J connectivity index is 2.40. The van der Waals surface area contributed by atoms with Crippen LogP contribution in [0.5, 0.6) is 0 Å². The van der Waals surface area contributed by atoms with Crippen LogP contribution >= 0.6 is 0 Å². The number of hydrazine groups is 1. The van der Waals surface area contributed by atoms with Crippen molar-refractivity contribution in [1.29, 1.82) is 0 Å². The molecule has 1 unspecified atom stereocenters. The quantitative estimate of drug-likeness (QED) is 0.481. The molecule has 1 aliphatic rings. The van der Waals surface area contributed by atoms with Crippen molar-refractivity contribution >= 4 is 0 Å². The second-order valence-electron chi connectivity index (χ2n) is 4.21. The van der Waals surface area contributed by atoms with E-state index in [1.165, 1.54) is 12.8 Å². The zero-order valence-electron chi connectivity index (χ0n) is 8.26. The molecule has 1 saturated carbocycles. The summed E-state index contributed by atoms with van der Waals surface area (Å²) in [6.45, 7) is 4.14. The lowest BCUT2D eigenvalue weighted by Gasteiger charge is -2.32. The van der Waals surface area contributed by atoms with Crippen molar-refractivity contribution in [1.82, 2.24) is 5.43 Å². The fourth-order valence-corrected chi connectivity index (χ4v) is 1.38. The van der Waals surface area contributed by atoms with E-state index in [-0.39, 0.29) is 11.6 Å². The third kappa shape index (κ3) is 2.44. The van der Waals surface area contributed by atoms with Gasteiger partial charge in [0.1, 0.15) is 0 Å². The molecule has 3 heteroatoms. The number of rotatable bonds is 5. The van der Waals surface area contributed by atoms with Gasteiger partial charge >= 0.3 is 0 Å². The van der Waals surface area contributed by atoms with Crippen LogP contribution in [-0.2, 0) is 4.74 Å². The maximum Gasteiger partial charge on any atom is 0.0788 e. The summed E-state index contributed by atoms with van der Waals surface area (Å²) in [5, 5.41) is 0. The van der Waals surface area contributed by atoms with E-state index in [0.29, 0.717) is 0 Å². The Labute approximate surface area is 74.6 Å². The summed E-state index contributed by atoms with van der Waals surface area (Å²) in [6, 6.07) is 0.273. The summed E-state index contributed by atoms with van der Waals surface area (Å²) in [6.07, 6.45) is 3.85. The van der Waals surface area contributed by atoms with Gasteiger partial charge in [0, 0.05) is 13.2 Å². The largest absolute Gasteiger partial charge is 0.377 e. The molecule has 0 aromatic heterocycles. The van der Waals surface area contributed by atoms with Gasteiger partial charge < -0.3 is 4.74 Å². The van der Waals surface area contributed by atoms with E-state index in [4.69, 9.17) is 10.6 Å². The van der Waals surface area contributed by atoms with E-state index < -0.39 is 0 Å². The molecule has 72 valence electrons. The first-order valence-corrected chi connectivity index (χ1v) is 4.61. The Morgan fingerprint density at radius 2 is 2.17 bits per heavy atom. The highest BCUT2D eigenvalue weighted by molar-refractivity contribution is 4.89. The molecular weight excluding hydrogens is 152 g/mol. The van der Waals surface area contributed by atoms with Crippen LogP contribution in [-0.4, -0.2) is 18.8 Å². The highest BCUT2D eigenvalue weighted by Gasteiger charge is 2.34. The molecular formula is C9H20N2O. The van der Waals surface area contributed by atoms with Crippen LogP contribution in [0.25, 0.3) is 0 Å². The van der Waals surface area contributed by atoms with Gasteiger partial charge in [-0.1, -0.05) is 12.8 Å². The van der Waals surface area contributed by atoms with Crippen molar-refractivity contribution in [2.75, 3.05) is 7.11 Å². The third-order valence-electron chi connectivity index (χ3n) is 2.83. The zero-order chi connectivity index (χ0) is 9.19. The van der Waals surface area contributed by atoms with Gasteiger partial charge in [-0.15, -0.1) is 0 Å². The molecule has 3 N–H and O–H groups in total. The molecule has 0 amide bonds. The zero-order valence-corrected chi connectivity index (χ0v) is 8.26. The van der Waals surface area contributed by atoms with Crippen LogP contribution in [0.3, 0.4) is 0 Å². The van der Waals surface area contributed by atoms with Crippen molar-refractivity contribution in [2.45, 2.75) is 44.8 Å². The first kappa shape index (κ1) is 9.96. The first-order chi connectivity index (χ1) is 5.60. The first-order valence-electron chi connectivity index (χ1n) is 4.61. The predicted octanol–water partition coefficient (Wildman–Crippen LogP) is 1.04. The smallest absolute Gasteiger partial charge is 0.0788 e. The van der Waals surface area contributed by atoms with E-state index in [1.807, 2.05) is 0 Å². The number of nitrogens with one attached hydrogen (secondary N) is 1. The second kappa shape index (κ2) is 3.73. The summed E-state index contributed by atoms with van der Waals surface area (Å²) >= 11 is 0. The molecule has 0 bridgehead atoms. The van der Waals surface area contributed by atoms with Gasteiger partial charge in [-0.25, -0.2) is 0 Å². The summed E-state index contributed by atoms with van der Waals surface area (Å²) in [5.74, 6) is 6.36. The van der Waals surface area contributed by atoms with Gasteiger partial charge in [0.05, 0.1) is 5.60 Å². The minimum atomic E-state index is -0.155. The monoisotopic (exact) mass is 172 g/mol. The molecule has 12 heavy (non-hydrogen) atoms. The SMILES string of the molecule is COC(C)(C)C(CC1CC1)NN. The van der Waals surface area contributed by atoms with Gasteiger partial charge in [0.25, 0.3) is 0 Å². The molecule has 0 aromatic rings. The maximum absolute atomic E-state index is 5.48. The van der Waals surface area contributed by atoms with E-state index in [9.17, 15) is 0 Å². The number of hydrogen-bond donors (Lipinski definition) is 2. The normalized spacial score (nSPS) is 21.0. The van der Waals surface area contributed by atoms with Crippen LogP contribution < -0.4 is 11.3 Å². The topological polar surface area (TPSA) is 47.3 Å². The highest BCUT2D eigenvalue weighted by Crippen LogP contribution is 2.35. The predicted molar refractivity (Wildman–Crippen MR) is 49.5 cm³/mol. The van der Waals surface area contributed by atoms with Gasteiger partial charge in [0.2, 0.25) is 0 Å². The minimum Gasteiger partial charge on any atom is -0.377 e. The third-order valence-corrected chi connectivity index (χ3v) is 2.83. The highest BCUT2D eigenvalue weighted by atomic mass is 16.5. The van der Waals surface area contributed by atoms with Gasteiger partial charge in [-0.05, 0) is 26.2 Å². The van der Waals surface area contributed by atoms with Crippen molar-refractivity contribution in [3.8, 4) is 0 Å². The molecule has 0 saturated heterocycles. The standard InChI is InChI=1S/C9H20N2O/c1-9(2,12-3)8(11-10)6-7-4-5-7/h7-8,11H,4-6,10H2,1-3H3. The molecule has 1 aliphatic carbocycles. The Morgan fingerprint density at radius 3 is 2.50 bits per heavy atom. The molecule has 0 aromatic carbocycles. The van der Waals surface area contributed by atoms with Crippen molar-refractivity contribution in [3.05, 3.63) is 0 Å². The van der Waals surface area contributed by atoms with Crippen LogP contribution in [0, 0.1) is 5.92 Å². The average molecular weight is 172 g/mol. The lowest BCUT2D eigenvalue weighted by Crippen LogP contribution is -2.51. The minimum absolute atomic E-state index is 0.155. The summed E-state index contributed by atoms with van der Waals surface area (Å²) in [5.41, 5.74) is 2.68. The average Bonchev–Trinajstić information content (AvgIpc) is 2.83. The summed E-state index contributed by atoms with van der Waals surface area (Å²) < 4.78 is 5.38. The molecule has 1 fully saturated rings. The molecule has 1 atom stereocenters. The summed E-state index contributed by atoms with van der Waals surface area (Å²) in [7, 11) is 1.73. The molecule has 0 heterocycles.